The monoisotopic (exact) mass is 325 g/mol. The zero-order chi connectivity index (χ0) is 11.4. The summed E-state index contributed by atoms with van der Waals surface area (Å²) in [5, 5.41) is 0. The zero-order valence-electron chi connectivity index (χ0n) is 8.56. The Balaban J connectivity index is 2.80. The summed E-state index contributed by atoms with van der Waals surface area (Å²) in [5.41, 5.74) is 6.18. The number of hydrogen-bond acceptors (Lipinski definition) is 1. The summed E-state index contributed by atoms with van der Waals surface area (Å²) in [6.07, 6.45) is 2.04. The van der Waals surface area contributed by atoms with Crippen LogP contribution >= 0.6 is 22.6 Å². The van der Waals surface area contributed by atoms with E-state index in [9.17, 15) is 8.78 Å². The van der Waals surface area contributed by atoms with Gasteiger partial charge in [-0.05, 0) is 54.0 Å². The van der Waals surface area contributed by atoms with Crippen molar-refractivity contribution in [3.63, 3.8) is 0 Å². The van der Waals surface area contributed by atoms with E-state index >= 15 is 0 Å². The zero-order valence-corrected chi connectivity index (χ0v) is 10.7. The van der Waals surface area contributed by atoms with Crippen molar-refractivity contribution in [3.8, 4) is 0 Å². The second kappa shape index (κ2) is 5.75. The Morgan fingerprint density at radius 3 is 2.67 bits per heavy atom. The summed E-state index contributed by atoms with van der Waals surface area (Å²) in [6.45, 7) is 1.98. The van der Waals surface area contributed by atoms with Crippen LogP contribution in [0.3, 0.4) is 0 Å². The molecule has 15 heavy (non-hydrogen) atoms. The minimum absolute atomic E-state index is 0.0588. The molecule has 0 fully saturated rings. The summed E-state index contributed by atoms with van der Waals surface area (Å²) < 4.78 is 27.1. The Morgan fingerprint density at radius 2 is 2.07 bits per heavy atom. The lowest BCUT2D eigenvalue weighted by atomic mass is 10.0. The minimum atomic E-state index is -0.782. The van der Waals surface area contributed by atoms with Gasteiger partial charge in [0.2, 0.25) is 0 Å². The summed E-state index contributed by atoms with van der Waals surface area (Å²) in [7, 11) is 0. The van der Waals surface area contributed by atoms with Crippen LogP contribution in [0.4, 0.5) is 8.78 Å². The molecule has 0 saturated heterocycles. The lowest BCUT2D eigenvalue weighted by Gasteiger charge is -2.10. The molecule has 0 aliphatic rings. The molecule has 2 N–H and O–H groups in total. The SMILES string of the molecule is CCC(N)CCc1c(I)ccc(F)c1F. The molecule has 0 radical (unpaired) electrons. The number of nitrogens with two attached hydrogens (primary N) is 1. The van der Waals surface area contributed by atoms with Crippen LogP contribution in [0.25, 0.3) is 0 Å². The first-order valence-electron chi connectivity index (χ1n) is 4.94. The van der Waals surface area contributed by atoms with Gasteiger partial charge in [-0.2, -0.15) is 0 Å². The fourth-order valence-electron chi connectivity index (χ4n) is 1.33. The first kappa shape index (κ1) is 12.8. The number of halogens is 3. The van der Waals surface area contributed by atoms with Crippen LogP contribution in [0.2, 0.25) is 0 Å². The van der Waals surface area contributed by atoms with Crippen molar-refractivity contribution in [1.82, 2.24) is 0 Å². The van der Waals surface area contributed by atoms with Crippen LogP contribution in [0, 0.1) is 15.2 Å². The van der Waals surface area contributed by atoms with Gasteiger partial charge in [0.15, 0.2) is 11.6 Å². The van der Waals surface area contributed by atoms with E-state index in [-0.39, 0.29) is 6.04 Å². The van der Waals surface area contributed by atoms with Gasteiger partial charge in [-0.25, -0.2) is 8.78 Å². The summed E-state index contributed by atoms with van der Waals surface area (Å²) in [4.78, 5) is 0. The van der Waals surface area contributed by atoms with Crippen LogP contribution in [0.15, 0.2) is 12.1 Å². The maximum absolute atomic E-state index is 13.4. The first-order valence-corrected chi connectivity index (χ1v) is 6.02. The van der Waals surface area contributed by atoms with Crippen molar-refractivity contribution in [1.29, 1.82) is 0 Å². The van der Waals surface area contributed by atoms with Gasteiger partial charge < -0.3 is 5.73 Å². The Kier molecular flexibility index (Phi) is 4.92. The molecule has 0 aliphatic heterocycles. The van der Waals surface area contributed by atoms with Gasteiger partial charge in [0.05, 0.1) is 0 Å². The van der Waals surface area contributed by atoms with Gasteiger partial charge in [-0.1, -0.05) is 6.92 Å². The van der Waals surface area contributed by atoms with Gasteiger partial charge in [0.1, 0.15) is 0 Å². The molecule has 1 atom stereocenters. The molecule has 1 aromatic rings. The van der Waals surface area contributed by atoms with Crippen LogP contribution in [0.5, 0.6) is 0 Å². The Hall–Kier alpha value is -0.230. The fraction of sp³-hybridized carbons (Fsp3) is 0.455. The highest BCUT2D eigenvalue weighted by molar-refractivity contribution is 14.1. The van der Waals surface area contributed by atoms with Gasteiger partial charge >= 0.3 is 0 Å². The minimum Gasteiger partial charge on any atom is -0.328 e. The van der Waals surface area contributed by atoms with E-state index in [4.69, 9.17) is 5.73 Å². The van der Waals surface area contributed by atoms with Crippen molar-refractivity contribution >= 4 is 22.6 Å². The summed E-state index contributed by atoms with van der Waals surface area (Å²) in [5.74, 6) is -1.51. The van der Waals surface area contributed by atoms with E-state index < -0.39 is 11.6 Å². The second-order valence-corrected chi connectivity index (χ2v) is 4.69. The molecule has 0 bridgehead atoms. The second-order valence-electron chi connectivity index (χ2n) is 3.53. The number of benzene rings is 1. The molecule has 0 spiro atoms. The molecule has 0 saturated carbocycles. The van der Waals surface area contributed by atoms with Crippen molar-refractivity contribution in [2.24, 2.45) is 5.73 Å². The third-order valence-corrected chi connectivity index (χ3v) is 3.44. The van der Waals surface area contributed by atoms with Crippen molar-refractivity contribution in [2.75, 3.05) is 0 Å². The first-order chi connectivity index (χ1) is 7.06. The highest BCUT2D eigenvalue weighted by atomic mass is 127. The maximum Gasteiger partial charge on any atom is 0.163 e. The van der Waals surface area contributed by atoms with Crippen molar-refractivity contribution < 1.29 is 8.78 Å². The van der Waals surface area contributed by atoms with Crippen LogP contribution < -0.4 is 5.73 Å². The highest BCUT2D eigenvalue weighted by Crippen LogP contribution is 2.20. The number of rotatable bonds is 4. The Labute approximate surface area is 102 Å². The predicted octanol–water partition coefficient (Wildman–Crippen LogP) is 3.24. The van der Waals surface area contributed by atoms with Gasteiger partial charge in [-0.15, -0.1) is 0 Å². The van der Waals surface area contributed by atoms with Gasteiger partial charge in [0.25, 0.3) is 0 Å². The molecule has 4 heteroatoms. The Morgan fingerprint density at radius 1 is 1.40 bits per heavy atom. The van der Waals surface area contributed by atoms with Crippen LogP contribution in [0.1, 0.15) is 25.3 Å². The van der Waals surface area contributed by atoms with E-state index in [2.05, 4.69) is 0 Å². The van der Waals surface area contributed by atoms with E-state index in [0.29, 0.717) is 18.4 Å². The Bertz CT molecular complexity index is 342. The van der Waals surface area contributed by atoms with Gasteiger partial charge in [-0.3, -0.25) is 0 Å². The molecule has 1 rings (SSSR count). The van der Waals surface area contributed by atoms with E-state index in [0.717, 1.165) is 16.1 Å². The molecule has 0 heterocycles. The molecule has 84 valence electrons. The van der Waals surface area contributed by atoms with Crippen molar-refractivity contribution in [3.05, 3.63) is 32.9 Å². The topological polar surface area (TPSA) is 26.0 Å². The average Bonchev–Trinajstić information content (AvgIpc) is 2.23. The van der Waals surface area contributed by atoms with Crippen molar-refractivity contribution in [2.45, 2.75) is 32.2 Å². The van der Waals surface area contributed by atoms with E-state index in [1.54, 1.807) is 6.07 Å². The smallest absolute Gasteiger partial charge is 0.163 e. The molecule has 1 aromatic carbocycles. The molecular weight excluding hydrogens is 311 g/mol. The number of hydrogen-bond donors (Lipinski definition) is 1. The third-order valence-electron chi connectivity index (χ3n) is 2.43. The third kappa shape index (κ3) is 3.38. The lowest BCUT2D eigenvalue weighted by molar-refractivity contribution is 0.490. The highest BCUT2D eigenvalue weighted by Gasteiger charge is 2.12. The normalized spacial score (nSPS) is 12.9. The lowest BCUT2D eigenvalue weighted by Crippen LogP contribution is -2.19. The molecule has 0 aliphatic carbocycles. The summed E-state index contributed by atoms with van der Waals surface area (Å²) >= 11 is 2.01. The average molecular weight is 325 g/mol. The fourth-order valence-corrected chi connectivity index (χ4v) is 2.02. The predicted molar refractivity (Wildman–Crippen MR) is 65.7 cm³/mol. The molecular formula is C11H14F2IN. The van der Waals surface area contributed by atoms with Crippen LogP contribution in [-0.2, 0) is 6.42 Å². The molecule has 0 amide bonds. The summed E-state index contributed by atoms with van der Waals surface area (Å²) in [6, 6.07) is 2.80. The molecule has 1 unspecified atom stereocenters. The largest absolute Gasteiger partial charge is 0.328 e. The standard InChI is InChI=1S/C11H14F2IN/c1-2-7(15)3-4-8-10(14)6-5-9(12)11(8)13/h5-7H,2-4,15H2,1H3. The van der Waals surface area contributed by atoms with E-state index in [1.807, 2.05) is 29.5 Å². The van der Waals surface area contributed by atoms with E-state index in [1.165, 1.54) is 0 Å². The molecule has 0 aromatic heterocycles. The van der Waals surface area contributed by atoms with Crippen LogP contribution in [-0.4, -0.2) is 6.04 Å². The maximum atomic E-state index is 13.4. The van der Waals surface area contributed by atoms with Gasteiger partial charge in [0, 0.05) is 15.2 Å². The quantitative estimate of drug-likeness (QED) is 0.667. The molecule has 1 nitrogen and oxygen atoms in total.